The van der Waals surface area contributed by atoms with E-state index in [4.69, 9.17) is 16.3 Å². The standard InChI is InChI=1S/C21H17ClN6O2S/c1-30-11-16-17(13-4-6-14(22)7-5-13)19-25-24-18-20(28(19)26-16)23-12-27(21(18)29)9-8-15-3-2-10-31-15/h2-7,10,12H,8-9,11H2,1H3. The van der Waals surface area contributed by atoms with Crippen LogP contribution in [0.4, 0.5) is 0 Å². The third-order valence-corrected chi connectivity index (χ3v) is 6.15. The molecule has 0 unspecified atom stereocenters. The number of halogens is 1. The molecule has 4 aromatic heterocycles. The fourth-order valence-corrected chi connectivity index (χ4v) is 4.32. The van der Waals surface area contributed by atoms with Crippen molar-refractivity contribution in [3.05, 3.63) is 74.1 Å². The molecule has 0 bridgehead atoms. The Bertz CT molecular complexity index is 1430. The maximum absolute atomic E-state index is 13.0. The number of benzene rings is 1. The van der Waals surface area contributed by atoms with Crippen molar-refractivity contribution in [1.29, 1.82) is 0 Å². The lowest BCUT2D eigenvalue weighted by molar-refractivity contribution is 0.181. The first-order valence-electron chi connectivity index (χ1n) is 9.56. The quantitative estimate of drug-likeness (QED) is 0.391. The smallest absolute Gasteiger partial charge is 0.283 e. The van der Waals surface area contributed by atoms with Crippen LogP contribution >= 0.6 is 22.9 Å². The molecule has 0 aliphatic carbocycles. The van der Waals surface area contributed by atoms with E-state index in [1.54, 1.807) is 46.0 Å². The van der Waals surface area contributed by atoms with E-state index >= 15 is 0 Å². The lowest BCUT2D eigenvalue weighted by Crippen LogP contribution is -2.23. The second-order valence-corrected chi connectivity index (χ2v) is 8.41. The Labute approximate surface area is 185 Å². The summed E-state index contributed by atoms with van der Waals surface area (Å²) in [6.07, 6.45) is 2.29. The van der Waals surface area contributed by atoms with Gasteiger partial charge < -0.3 is 4.74 Å². The van der Waals surface area contributed by atoms with Crippen LogP contribution in [0, 0.1) is 0 Å². The number of aryl methyl sites for hydroxylation is 2. The first-order chi connectivity index (χ1) is 15.2. The molecule has 8 nitrogen and oxygen atoms in total. The third kappa shape index (κ3) is 3.60. The van der Waals surface area contributed by atoms with Gasteiger partial charge in [-0.05, 0) is 35.6 Å². The van der Waals surface area contributed by atoms with Gasteiger partial charge in [0.15, 0.2) is 16.8 Å². The highest BCUT2D eigenvalue weighted by Crippen LogP contribution is 2.29. The summed E-state index contributed by atoms with van der Waals surface area (Å²) in [5.74, 6) is 0. The van der Waals surface area contributed by atoms with Gasteiger partial charge in [-0.3, -0.25) is 9.36 Å². The van der Waals surface area contributed by atoms with Crippen molar-refractivity contribution in [2.45, 2.75) is 19.6 Å². The van der Waals surface area contributed by atoms with Crippen molar-refractivity contribution in [2.24, 2.45) is 0 Å². The van der Waals surface area contributed by atoms with Gasteiger partial charge in [0.05, 0.1) is 17.9 Å². The van der Waals surface area contributed by atoms with Crippen LogP contribution in [0.3, 0.4) is 0 Å². The van der Waals surface area contributed by atoms with E-state index in [1.807, 2.05) is 29.6 Å². The number of nitrogens with zero attached hydrogens (tertiary/aromatic N) is 6. The molecule has 0 spiro atoms. The predicted octanol–water partition coefficient (Wildman–Crippen LogP) is 3.61. The largest absolute Gasteiger partial charge is 0.378 e. The molecule has 0 aliphatic heterocycles. The zero-order valence-electron chi connectivity index (χ0n) is 16.5. The number of methoxy groups -OCH3 is 1. The highest BCUT2D eigenvalue weighted by molar-refractivity contribution is 7.09. The Balaban J connectivity index is 1.64. The lowest BCUT2D eigenvalue weighted by Gasteiger charge is -2.06. The summed E-state index contributed by atoms with van der Waals surface area (Å²) in [5.41, 5.74) is 3.13. The van der Waals surface area contributed by atoms with Gasteiger partial charge in [-0.2, -0.15) is 9.61 Å². The molecule has 4 heterocycles. The van der Waals surface area contributed by atoms with E-state index in [1.165, 1.54) is 4.88 Å². The van der Waals surface area contributed by atoms with E-state index in [0.29, 0.717) is 28.6 Å². The Morgan fingerprint density at radius 3 is 2.71 bits per heavy atom. The number of hydrogen-bond donors (Lipinski definition) is 0. The van der Waals surface area contributed by atoms with Crippen LogP contribution in [0.2, 0.25) is 5.02 Å². The van der Waals surface area contributed by atoms with Gasteiger partial charge in [-0.15, -0.1) is 21.5 Å². The van der Waals surface area contributed by atoms with E-state index in [0.717, 1.165) is 17.5 Å². The summed E-state index contributed by atoms with van der Waals surface area (Å²) in [6, 6.07) is 11.4. The van der Waals surface area contributed by atoms with Gasteiger partial charge >= 0.3 is 0 Å². The van der Waals surface area contributed by atoms with Crippen LogP contribution in [0.25, 0.3) is 27.9 Å². The van der Waals surface area contributed by atoms with Crippen LogP contribution in [0.15, 0.2) is 52.9 Å². The molecule has 0 saturated carbocycles. The van der Waals surface area contributed by atoms with Crippen molar-refractivity contribution < 1.29 is 4.74 Å². The fraction of sp³-hybridized carbons (Fsp3) is 0.190. The van der Waals surface area contributed by atoms with Gasteiger partial charge in [0.2, 0.25) is 0 Å². The molecule has 156 valence electrons. The molecule has 0 N–H and O–H groups in total. The zero-order chi connectivity index (χ0) is 21.4. The second kappa shape index (κ2) is 8.18. The van der Waals surface area contributed by atoms with Gasteiger partial charge in [0.1, 0.15) is 6.33 Å². The Morgan fingerprint density at radius 1 is 1.13 bits per heavy atom. The summed E-state index contributed by atoms with van der Waals surface area (Å²) in [6.45, 7) is 0.798. The maximum Gasteiger partial charge on any atom is 0.283 e. The first-order valence-corrected chi connectivity index (χ1v) is 10.8. The highest BCUT2D eigenvalue weighted by Gasteiger charge is 2.20. The van der Waals surface area contributed by atoms with Crippen molar-refractivity contribution in [3.8, 4) is 11.1 Å². The minimum absolute atomic E-state index is 0.176. The molecule has 0 radical (unpaired) electrons. The molecular formula is C21H17ClN6O2S. The van der Waals surface area contributed by atoms with Crippen LogP contribution in [-0.4, -0.2) is 36.5 Å². The van der Waals surface area contributed by atoms with E-state index in [9.17, 15) is 4.79 Å². The van der Waals surface area contributed by atoms with E-state index in [-0.39, 0.29) is 17.7 Å². The van der Waals surface area contributed by atoms with Gasteiger partial charge in [0, 0.05) is 23.6 Å². The van der Waals surface area contributed by atoms with Gasteiger partial charge in [-0.25, -0.2) is 4.98 Å². The molecular weight excluding hydrogens is 436 g/mol. The summed E-state index contributed by atoms with van der Waals surface area (Å²) >= 11 is 7.70. The van der Waals surface area contributed by atoms with E-state index in [2.05, 4.69) is 20.3 Å². The fourth-order valence-electron chi connectivity index (χ4n) is 3.50. The van der Waals surface area contributed by atoms with Crippen LogP contribution in [0.1, 0.15) is 10.6 Å². The van der Waals surface area contributed by atoms with Crippen molar-refractivity contribution in [1.82, 2.24) is 29.4 Å². The maximum atomic E-state index is 13.0. The molecule has 0 aliphatic rings. The van der Waals surface area contributed by atoms with Crippen molar-refractivity contribution >= 4 is 39.7 Å². The Morgan fingerprint density at radius 2 is 1.97 bits per heavy atom. The molecule has 0 amide bonds. The number of rotatable bonds is 6. The summed E-state index contributed by atoms with van der Waals surface area (Å²) < 4.78 is 8.45. The van der Waals surface area contributed by atoms with E-state index < -0.39 is 0 Å². The average molecular weight is 453 g/mol. The highest BCUT2D eigenvalue weighted by atomic mass is 35.5. The van der Waals surface area contributed by atoms with Crippen molar-refractivity contribution in [3.63, 3.8) is 0 Å². The predicted molar refractivity (Wildman–Crippen MR) is 120 cm³/mol. The minimum atomic E-state index is -0.243. The Kier molecular flexibility index (Phi) is 5.23. The van der Waals surface area contributed by atoms with Gasteiger partial charge in [0.25, 0.3) is 5.56 Å². The summed E-state index contributed by atoms with van der Waals surface area (Å²) in [7, 11) is 1.60. The minimum Gasteiger partial charge on any atom is -0.378 e. The molecule has 10 heteroatoms. The second-order valence-electron chi connectivity index (χ2n) is 6.94. The van der Waals surface area contributed by atoms with Gasteiger partial charge in [-0.1, -0.05) is 29.8 Å². The van der Waals surface area contributed by atoms with Crippen LogP contribution in [0.5, 0.6) is 0 Å². The normalized spacial score (nSPS) is 11.5. The van der Waals surface area contributed by atoms with Crippen molar-refractivity contribution in [2.75, 3.05) is 7.11 Å². The SMILES string of the molecule is COCc1nn2c(nnc3c(=O)n(CCc4cccs4)cnc32)c1-c1ccc(Cl)cc1. The molecule has 0 saturated heterocycles. The summed E-state index contributed by atoms with van der Waals surface area (Å²) in [5, 5.41) is 15.8. The molecule has 31 heavy (non-hydrogen) atoms. The third-order valence-electron chi connectivity index (χ3n) is 4.97. The number of fused-ring (bicyclic) bond motifs is 3. The average Bonchev–Trinajstić information content (AvgIpc) is 3.42. The monoisotopic (exact) mass is 452 g/mol. The van der Waals surface area contributed by atoms with Crippen LogP contribution < -0.4 is 5.56 Å². The Hall–Kier alpha value is -3.14. The molecule has 5 rings (SSSR count). The number of hydrogen-bond acceptors (Lipinski definition) is 7. The van der Waals surface area contributed by atoms with Crippen LogP contribution in [-0.2, 0) is 24.3 Å². The summed E-state index contributed by atoms with van der Waals surface area (Å²) in [4.78, 5) is 18.7. The zero-order valence-corrected chi connectivity index (χ0v) is 18.1. The number of aromatic nitrogens is 6. The number of ether oxygens (including phenoxy) is 1. The number of thiophene rings is 1. The lowest BCUT2D eigenvalue weighted by atomic mass is 10.1. The first kappa shape index (κ1) is 19.8. The molecule has 5 aromatic rings. The molecule has 0 fully saturated rings. The molecule has 1 aromatic carbocycles. The molecule has 0 atom stereocenters. The topological polar surface area (TPSA) is 87.2 Å².